The van der Waals surface area contributed by atoms with Gasteiger partial charge in [0.25, 0.3) is 0 Å². The molecule has 0 aliphatic heterocycles. The zero-order valence-corrected chi connectivity index (χ0v) is 11.2. The molecule has 0 amide bonds. The number of carboxylic acids is 1. The summed E-state index contributed by atoms with van der Waals surface area (Å²) in [6.45, 7) is 3.33. The van der Waals surface area contributed by atoms with Crippen LogP contribution >= 0.6 is 0 Å². The topological polar surface area (TPSA) is 86.7 Å². The van der Waals surface area contributed by atoms with Crippen molar-refractivity contribution in [1.82, 2.24) is 9.62 Å². The standard InChI is InChI=1S/C10H20N2O4S/c1-7(12(3)9-4-5-9)6-11-17(15,16)8(2)10(13)14/h7-9,11H,4-6H2,1-3H3,(H,13,14). The van der Waals surface area contributed by atoms with Gasteiger partial charge in [-0.3, -0.25) is 9.69 Å². The second-order valence-electron chi connectivity index (χ2n) is 4.62. The Morgan fingerprint density at radius 3 is 2.41 bits per heavy atom. The van der Waals surface area contributed by atoms with Crippen molar-refractivity contribution in [1.29, 1.82) is 0 Å². The van der Waals surface area contributed by atoms with E-state index in [0.29, 0.717) is 6.04 Å². The largest absolute Gasteiger partial charge is 0.480 e. The SMILES string of the molecule is CC(CNS(=O)(=O)C(C)C(=O)O)N(C)C1CC1. The molecule has 1 aliphatic rings. The third kappa shape index (κ3) is 3.93. The molecule has 0 aromatic rings. The third-order valence-corrected chi connectivity index (χ3v) is 4.91. The summed E-state index contributed by atoms with van der Waals surface area (Å²) in [5.74, 6) is -1.33. The van der Waals surface area contributed by atoms with Gasteiger partial charge in [-0.25, -0.2) is 13.1 Å². The Labute approximate surface area is 102 Å². The lowest BCUT2D eigenvalue weighted by Crippen LogP contribution is -2.45. The smallest absolute Gasteiger partial charge is 0.323 e. The fourth-order valence-corrected chi connectivity index (χ4v) is 2.47. The maximum absolute atomic E-state index is 11.6. The molecular weight excluding hydrogens is 244 g/mol. The Hall–Kier alpha value is -0.660. The van der Waals surface area contributed by atoms with Gasteiger partial charge in [-0.2, -0.15) is 0 Å². The summed E-state index contributed by atoms with van der Waals surface area (Å²) < 4.78 is 25.5. The first kappa shape index (κ1) is 14.4. The molecule has 100 valence electrons. The number of likely N-dealkylation sites (N-methyl/N-ethyl adjacent to an activating group) is 1. The van der Waals surface area contributed by atoms with E-state index in [4.69, 9.17) is 5.11 Å². The van der Waals surface area contributed by atoms with E-state index in [1.807, 2.05) is 14.0 Å². The molecule has 1 saturated carbocycles. The molecule has 0 saturated heterocycles. The van der Waals surface area contributed by atoms with Gasteiger partial charge < -0.3 is 5.11 Å². The van der Waals surface area contributed by atoms with Crippen LogP contribution in [0, 0.1) is 0 Å². The lowest BCUT2D eigenvalue weighted by atomic mass is 10.3. The fraction of sp³-hybridized carbons (Fsp3) is 0.900. The van der Waals surface area contributed by atoms with E-state index in [1.54, 1.807) is 0 Å². The van der Waals surface area contributed by atoms with E-state index in [2.05, 4.69) is 9.62 Å². The number of hydrogen-bond donors (Lipinski definition) is 2. The van der Waals surface area contributed by atoms with Crippen molar-refractivity contribution >= 4 is 16.0 Å². The Balaban J connectivity index is 2.46. The molecule has 2 unspecified atom stereocenters. The molecule has 1 aliphatic carbocycles. The molecule has 2 atom stereocenters. The van der Waals surface area contributed by atoms with Crippen molar-refractivity contribution in [3.05, 3.63) is 0 Å². The molecule has 6 nitrogen and oxygen atoms in total. The molecule has 0 aromatic heterocycles. The molecule has 0 spiro atoms. The molecule has 7 heteroatoms. The normalized spacial score (nSPS) is 20.2. The predicted octanol–water partition coefficient (Wildman–Crippen LogP) is -0.138. The highest BCUT2D eigenvalue weighted by atomic mass is 32.2. The summed E-state index contributed by atoms with van der Waals surface area (Å²) in [5, 5.41) is 7.24. The molecule has 1 fully saturated rings. The summed E-state index contributed by atoms with van der Waals surface area (Å²) in [6, 6.07) is 0.615. The maximum atomic E-state index is 11.6. The van der Waals surface area contributed by atoms with Gasteiger partial charge in [0.15, 0.2) is 5.25 Å². The zero-order valence-electron chi connectivity index (χ0n) is 10.4. The average molecular weight is 264 g/mol. The minimum atomic E-state index is -3.77. The van der Waals surface area contributed by atoms with Crippen LogP contribution in [0.15, 0.2) is 0 Å². The lowest BCUT2D eigenvalue weighted by molar-refractivity contribution is -0.136. The zero-order chi connectivity index (χ0) is 13.2. The number of sulfonamides is 1. The summed E-state index contributed by atoms with van der Waals surface area (Å²) in [5.41, 5.74) is 0. The highest BCUT2D eigenvalue weighted by Gasteiger charge is 2.31. The Bertz CT molecular complexity index is 378. The van der Waals surface area contributed by atoms with Crippen LogP contribution in [-0.4, -0.2) is 55.3 Å². The van der Waals surface area contributed by atoms with E-state index in [0.717, 1.165) is 12.8 Å². The number of aliphatic carboxylic acids is 1. The van der Waals surface area contributed by atoms with E-state index in [1.165, 1.54) is 6.92 Å². The van der Waals surface area contributed by atoms with E-state index in [9.17, 15) is 13.2 Å². The minimum absolute atomic E-state index is 0.0678. The summed E-state index contributed by atoms with van der Waals surface area (Å²) in [7, 11) is -1.81. The van der Waals surface area contributed by atoms with Gasteiger partial charge in [-0.15, -0.1) is 0 Å². The Morgan fingerprint density at radius 1 is 1.47 bits per heavy atom. The van der Waals surface area contributed by atoms with Gasteiger partial charge in [-0.05, 0) is 33.7 Å². The van der Waals surface area contributed by atoms with Crippen molar-refractivity contribution in [2.75, 3.05) is 13.6 Å². The van der Waals surface area contributed by atoms with Crippen LogP contribution in [0.4, 0.5) is 0 Å². The predicted molar refractivity (Wildman–Crippen MR) is 64.3 cm³/mol. The van der Waals surface area contributed by atoms with Crippen LogP contribution < -0.4 is 4.72 Å². The van der Waals surface area contributed by atoms with Crippen LogP contribution in [0.5, 0.6) is 0 Å². The summed E-state index contributed by atoms with van der Waals surface area (Å²) in [6.07, 6.45) is 2.30. The second-order valence-corrected chi connectivity index (χ2v) is 6.71. The second kappa shape index (κ2) is 5.32. The van der Waals surface area contributed by atoms with Crippen molar-refractivity contribution in [3.8, 4) is 0 Å². The van der Waals surface area contributed by atoms with Crippen LogP contribution in [0.3, 0.4) is 0 Å². The van der Waals surface area contributed by atoms with Gasteiger partial charge in [0.2, 0.25) is 10.0 Å². The third-order valence-electron chi connectivity index (χ3n) is 3.21. The molecule has 2 N–H and O–H groups in total. The van der Waals surface area contributed by atoms with Gasteiger partial charge in [0.1, 0.15) is 0 Å². The van der Waals surface area contributed by atoms with E-state index < -0.39 is 21.2 Å². The number of rotatable bonds is 7. The van der Waals surface area contributed by atoms with Crippen molar-refractivity contribution in [3.63, 3.8) is 0 Å². The highest BCUT2D eigenvalue weighted by Crippen LogP contribution is 2.26. The van der Waals surface area contributed by atoms with Crippen molar-refractivity contribution in [2.24, 2.45) is 0 Å². The van der Waals surface area contributed by atoms with Gasteiger partial charge >= 0.3 is 5.97 Å². The van der Waals surface area contributed by atoms with E-state index >= 15 is 0 Å². The molecule has 0 heterocycles. The van der Waals surface area contributed by atoms with Crippen LogP contribution in [-0.2, 0) is 14.8 Å². The van der Waals surface area contributed by atoms with Gasteiger partial charge in [0.05, 0.1) is 0 Å². The molecule has 0 aromatic carbocycles. The van der Waals surface area contributed by atoms with Gasteiger partial charge in [-0.1, -0.05) is 0 Å². The molecular formula is C10H20N2O4S. The number of nitrogens with one attached hydrogen (secondary N) is 1. The van der Waals surface area contributed by atoms with Crippen LogP contribution in [0.25, 0.3) is 0 Å². The number of nitrogens with zero attached hydrogens (tertiary/aromatic N) is 1. The average Bonchev–Trinajstić information content (AvgIpc) is 3.07. The first-order valence-corrected chi connectivity index (χ1v) is 7.23. The Morgan fingerprint density at radius 2 is 2.00 bits per heavy atom. The quantitative estimate of drug-likeness (QED) is 0.668. The highest BCUT2D eigenvalue weighted by molar-refractivity contribution is 7.90. The summed E-state index contributed by atoms with van der Waals surface area (Å²) in [4.78, 5) is 12.7. The maximum Gasteiger partial charge on any atom is 0.323 e. The van der Waals surface area contributed by atoms with Gasteiger partial charge in [0, 0.05) is 18.6 Å². The summed E-state index contributed by atoms with van der Waals surface area (Å²) >= 11 is 0. The molecule has 0 radical (unpaired) electrons. The Kier molecular flexibility index (Phi) is 4.51. The monoisotopic (exact) mass is 264 g/mol. The van der Waals surface area contributed by atoms with Crippen molar-refractivity contribution < 1.29 is 18.3 Å². The number of hydrogen-bond acceptors (Lipinski definition) is 4. The number of carboxylic acid groups (broad SMARTS) is 1. The molecule has 0 bridgehead atoms. The van der Waals surface area contributed by atoms with Crippen LogP contribution in [0.2, 0.25) is 0 Å². The lowest BCUT2D eigenvalue weighted by Gasteiger charge is -2.24. The van der Waals surface area contributed by atoms with Crippen LogP contribution in [0.1, 0.15) is 26.7 Å². The minimum Gasteiger partial charge on any atom is -0.480 e. The molecule has 17 heavy (non-hydrogen) atoms. The fourth-order valence-electron chi connectivity index (χ4n) is 1.48. The molecule has 1 rings (SSSR count). The first-order valence-electron chi connectivity index (χ1n) is 5.69. The van der Waals surface area contributed by atoms with Crippen molar-refractivity contribution in [2.45, 2.75) is 44.0 Å². The van der Waals surface area contributed by atoms with E-state index in [-0.39, 0.29) is 12.6 Å². The first-order chi connectivity index (χ1) is 7.75. The number of carbonyl (C=O) groups is 1.